The first-order chi connectivity index (χ1) is 19.1. The van der Waals surface area contributed by atoms with Crippen molar-refractivity contribution in [2.45, 2.75) is 18.8 Å². The van der Waals surface area contributed by atoms with Crippen molar-refractivity contribution in [1.29, 1.82) is 0 Å². The molecular weight excluding hydrogens is 529 g/mol. The second-order valence-electron chi connectivity index (χ2n) is 8.58. The highest BCUT2D eigenvalue weighted by Gasteiger charge is 2.62. The summed E-state index contributed by atoms with van der Waals surface area (Å²) >= 11 is 0. The summed E-state index contributed by atoms with van der Waals surface area (Å²) in [7, 11) is 2.19. The lowest BCUT2D eigenvalue weighted by Gasteiger charge is -2.38. The quantitative estimate of drug-likeness (QED) is 0.287. The number of ether oxygens (including phenoxy) is 3. The minimum atomic E-state index is -4.70. The highest BCUT2D eigenvalue weighted by Crippen LogP contribution is 2.44. The largest absolute Gasteiger partial charge is 0.494 e. The normalized spacial score (nSPS) is 17.1. The fraction of sp³-hybridized carbons (Fsp3) is 0.207. The van der Waals surface area contributed by atoms with Gasteiger partial charge in [-0.15, -0.1) is 0 Å². The summed E-state index contributed by atoms with van der Waals surface area (Å²) in [5.41, 5.74) is -3.91. The van der Waals surface area contributed by atoms with E-state index in [1.165, 1.54) is 30.3 Å². The predicted octanol–water partition coefficient (Wildman–Crippen LogP) is 5.22. The van der Waals surface area contributed by atoms with Crippen LogP contribution in [0.25, 0.3) is 0 Å². The topological polar surface area (TPSA) is 94.2 Å². The van der Waals surface area contributed by atoms with Crippen LogP contribution >= 0.6 is 0 Å². The van der Waals surface area contributed by atoms with Crippen molar-refractivity contribution in [3.8, 4) is 5.75 Å². The van der Waals surface area contributed by atoms with E-state index in [0.29, 0.717) is 12.4 Å². The van der Waals surface area contributed by atoms with Gasteiger partial charge in [-0.3, -0.25) is 14.5 Å². The smallest absolute Gasteiger partial charge is 0.416 e. The van der Waals surface area contributed by atoms with Crippen LogP contribution in [0.4, 0.5) is 24.5 Å². The Hall–Kier alpha value is -4.80. The highest BCUT2D eigenvalue weighted by atomic mass is 19.4. The Labute approximate surface area is 227 Å². The maximum absolute atomic E-state index is 14.0. The van der Waals surface area contributed by atoms with Gasteiger partial charge in [0.25, 0.3) is 11.6 Å². The monoisotopic (exact) mass is 554 g/mol. The molecule has 0 saturated carbocycles. The number of Topliss-reactive ketones (excluding diaryl/α,β-unsaturated/α-hetero) is 1. The average molecular weight is 555 g/mol. The van der Waals surface area contributed by atoms with Crippen molar-refractivity contribution in [2.24, 2.45) is 0 Å². The molecule has 0 fully saturated rings. The molecule has 40 heavy (non-hydrogen) atoms. The van der Waals surface area contributed by atoms with Gasteiger partial charge in [-0.25, -0.2) is 4.79 Å². The number of hydrogen-bond acceptors (Lipinski definition) is 7. The molecule has 1 aliphatic rings. The van der Waals surface area contributed by atoms with E-state index in [9.17, 15) is 27.6 Å². The van der Waals surface area contributed by atoms with E-state index in [2.05, 4.69) is 5.32 Å². The van der Waals surface area contributed by atoms with Gasteiger partial charge in [-0.05, 0) is 49.4 Å². The molecule has 0 aliphatic carbocycles. The molecule has 4 rings (SSSR count). The van der Waals surface area contributed by atoms with E-state index >= 15 is 0 Å². The molecule has 1 amide bonds. The molecule has 1 aliphatic heterocycles. The van der Waals surface area contributed by atoms with Crippen LogP contribution < -0.4 is 15.0 Å². The molecule has 0 aromatic heterocycles. The van der Waals surface area contributed by atoms with Crippen LogP contribution in [0.1, 0.15) is 22.8 Å². The summed E-state index contributed by atoms with van der Waals surface area (Å²) in [6.07, 6.45) is -4.70. The molecule has 0 spiro atoms. The molecule has 1 N–H and O–H groups in total. The average Bonchev–Trinajstić information content (AvgIpc) is 3.20. The van der Waals surface area contributed by atoms with Crippen molar-refractivity contribution in [2.75, 3.05) is 31.0 Å². The Morgan fingerprint density at radius 1 is 0.950 bits per heavy atom. The highest BCUT2D eigenvalue weighted by molar-refractivity contribution is 6.27. The Morgan fingerprint density at radius 2 is 1.62 bits per heavy atom. The van der Waals surface area contributed by atoms with Gasteiger partial charge in [-0.1, -0.05) is 36.4 Å². The van der Waals surface area contributed by atoms with Gasteiger partial charge in [0.1, 0.15) is 11.3 Å². The summed E-state index contributed by atoms with van der Waals surface area (Å²) in [4.78, 5) is 42.5. The Bertz CT molecular complexity index is 1450. The zero-order chi connectivity index (χ0) is 29.1. The zero-order valence-corrected chi connectivity index (χ0v) is 21.7. The molecule has 0 saturated heterocycles. The number of rotatable bonds is 9. The third kappa shape index (κ3) is 4.97. The van der Waals surface area contributed by atoms with Gasteiger partial charge in [-0.2, -0.15) is 13.2 Å². The van der Waals surface area contributed by atoms with Crippen LogP contribution in [0.5, 0.6) is 5.75 Å². The first-order valence-corrected chi connectivity index (χ1v) is 12.1. The summed E-state index contributed by atoms with van der Waals surface area (Å²) in [5, 5.41) is 2.74. The first-order valence-electron chi connectivity index (χ1n) is 12.1. The number of methoxy groups -OCH3 is 2. The van der Waals surface area contributed by atoms with E-state index in [0.717, 1.165) is 37.3 Å². The minimum absolute atomic E-state index is 0.104. The lowest BCUT2D eigenvalue weighted by Crippen LogP contribution is -2.61. The van der Waals surface area contributed by atoms with Gasteiger partial charge >= 0.3 is 12.1 Å². The number of nitrogens with one attached hydrogen (secondary N) is 1. The van der Waals surface area contributed by atoms with Gasteiger partial charge in [0, 0.05) is 16.9 Å². The molecule has 1 atom stereocenters. The van der Waals surface area contributed by atoms with Gasteiger partial charge in [0.2, 0.25) is 0 Å². The number of hydrogen-bond donors (Lipinski definition) is 1. The fourth-order valence-corrected chi connectivity index (χ4v) is 4.49. The molecule has 3 aromatic carbocycles. The number of amides is 1. The third-order valence-corrected chi connectivity index (χ3v) is 6.19. The minimum Gasteiger partial charge on any atom is -0.494 e. The van der Waals surface area contributed by atoms with Gasteiger partial charge in [0.05, 0.1) is 26.4 Å². The van der Waals surface area contributed by atoms with E-state index in [4.69, 9.17) is 14.2 Å². The maximum Gasteiger partial charge on any atom is 0.416 e. The Morgan fingerprint density at radius 3 is 2.20 bits per heavy atom. The van der Waals surface area contributed by atoms with E-state index < -0.39 is 46.4 Å². The van der Waals surface area contributed by atoms with Crippen molar-refractivity contribution in [3.05, 3.63) is 101 Å². The summed E-state index contributed by atoms with van der Waals surface area (Å²) in [6.45, 7) is 2.16. The summed E-state index contributed by atoms with van der Waals surface area (Å²) < 4.78 is 56.6. The van der Waals surface area contributed by atoms with Gasteiger partial charge in [0.15, 0.2) is 11.5 Å². The zero-order valence-electron chi connectivity index (χ0n) is 21.7. The second-order valence-corrected chi connectivity index (χ2v) is 8.58. The van der Waals surface area contributed by atoms with Crippen LogP contribution in [0.15, 0.2) is 90.2 Å². The molecule has 8 nitrogen and oxygen atoms in total. The van der Waals surface area contributed by atoms with Crippen LogP contribution in [-0.2, 0) is 25.2 Å². The first kappa shape index (κ1) is 28.2. The molecule has 208 valence electrons. The van der Waals surface area contributed by atoms with Crippen molar-refractivity contribution < 1.29 is 41.8 Å². The molecule has 1 unspecified atom stereocenters. The molecule has 0 bridgehead atoms. The van der Waals surface area contributed by atoms with Crippen LogP contribution in [-0.4, -0.2) is 44.1 Å². The number of benzene rings is 3. The van der Waals surface area contributed by atoms with Crippen molar-refractivity contribution in [1.82, 2.24) is 0 Å². The standard InChI is InChI=1S/C29H25F3N2O6/c1-4-40-22-15-13-21(14-16-22)34-26(36)25(38-2)23(24(35)18-9-6-5-7-10-18)28(34,27(37)39-3)33-20-12-8-11-19(17-20)29(30,31)32/h5-17,33H,4H2,1-3H3. The van der Waals surface area contributed by atoms with Crippen LogP contribution in [0, 0.1) is 0 Å². The Balaban J connectivity index is 2.01. The molecule has 3 aromatic rings. The lowest BCUT2D eigenvalue weighted by molar-refractivity contribution is -0.145. The molecule has 1 heterocycles. The SMILES string of the molecule is CCOc1ccc(N2C(=O)C(OC)=C(C(=O)c3ccccc3)C2(Nc2cccc(C(F)(F)F)c2)C(=O)OC)cc1. The number of alkyl halides is 3. The lowest BCUT2D eigenvalue weighted by atomic mass is 9.91. The second kappa shape index (κ2) is 11.1. The maximum atomic E-state index is 14.0. The Kier molecular flexibility index (Phi) is 7.85. The summed E-state index contributed by atoms with van der Waals surface area (Å²) in [6, 6.07) is 17.8. The molecule has 11 heteroatoms. The van der Waals surface area contributed by atoms with Crippen molar-refractivity contribution >= 4 is 29.0 Å². The molecule has 0 radical (unpaired) electrons. The third-order valence-electron chi connectivity index (χ3n) is 6.19. The number of carbonyl (C=O) groups is 3. The number of carbonyl (C=O) groups excluding carboxylic acids is 3. The number of halogens is 3. The number of esters is 1. The number of anilines is 2. The van der Waals surface area contributed by atoms with E-state index in [-0.39, 0.29) is 16.9 Å². The number of nitrogens with zero attached hydrogens (tertiary/aromatic N) is 1. The molecular formula is C29H25F3N2O6. The predicted molar refractivity (Wildman–Crippen MR) is 140 cm³/mol. The summed E-state index contributed by atoms with van der Waals surface area (Å²) in [5.74, 6) is -2.82. The van der Waals surface area contributed by atoms with E-state index in [1.807, 2.05) is 0 Å². The fourth-order valence-electron chi connectivity index (χ4n) is 4.49. The van der Waals surface area contributed by atoms with Crippen LogP contribution in [0.2, 0.25) is 0 Å². The van der Waals surface area contributed by atoms with Crippen LogP contribution in [0.3, 0.4) is 0 Å². The number of ketones is 1. The van der Waals surface area contributed by atoms with Gasteiger partial charge < -0.3 is 19.5 Å². The van der Waals surface area contributed by atoms with E-state index in [1.54, 1.807) is 37.3 Å². The van der Waals surface area contributed by atoms with Crippen molar-refractivity contribution in [3.63, 3.8) is 0 Å².